The normalized spacial score (nSPS) is 18.5. The van der Waals surface area contributed by atoms with Crippen molar-refractivity contribution in [3.05, 3.63) is 64.7 Å². The van der Waals surface area contributed by atoms with Crippen molar-refractivity contribution in [1.82, 2.24) is 5.32 Å². The van der Waals surface area contributed by atoms with E-state index in [0.29, 0.717) is 12.1 Å². The maximum absolute atomic E-state index is 12.1. The van der Waals surface area contributed by atoms with Crippen LogP contribution >= 0.6 is 0 Å². The summed E-state index contributed by atoms with van der Waals surface area (Å²) in [5, 5.41) is 15.9. The smallest absolute Gasteiger partial charge is 0.313 e. The van der Waals surface area contributed by atoms with Crippen molar-refractivity contribution < 1.29 is 14.7 Å². The summed E-state index contributed by atoms with van der Waals surface area (Å²) in [4.78, 5) is 24.1. The number of carbonyl (C=O) groups is 2. The van der Waals surface area contributed by atoms with Crippen molar-refractivity contribution in [2.45, 2.75) is 32.3 Å². The molecule has 2 aromatic rings. The zero-order chi connectivity index (χ0) is 18.0. The molecule has 1 unspecified atom stereocenters. The molecule has 0 spiro atoms. The Hall–Kier alpha value is -2.66. The van der Waals surface area contributed by atoms with E-state index >= 15 is 0 Å². The first-order chi connectivity index (χ1) is 11.9. The molecule has 5 heteroatoms. The highest BCUT2D eigenvalue weighted by atomic mass is 16.3. The molecule has 0 radical (unpaired) electrons. The van der Waals surface area contributed by atoms with Crippen molar-refractivity contribution in [1.29, 1.82) is 0 Å². The first-order valence-electron chi connectivity index (χ1n) is 8.36. The lowest BCUT2D eigenvalue weighted by atomic mass is 9.96. The van der Waals surface area contributed by atoms with Gasteiger partial charge in [0.2, 0.25) is 0 Å². The van der Waals surface area contributed by atoms with E-state index in [0.717, 1.165) is 28.7 Å². The second-order valence-electron chi connectivity index (χ2n) is 6.62. The van der Waals surface area contributed by atoms with Crippen molar-refractivity contribution in [3.63, 3.8) is 0 Å². The number of nitrogens with one attached hydrogen (secondary N) is 2. The van der Waals surface area contributed by atoms with Crippen LogP contribution in [0.3, 0.4) is 0 Å². The van der Waals surface area contributed by atoms with Crippen LogP contribution in [-0.2, 0) is 21.6 Å². The Morgan fingerprint density at radius 1 is 1.08 bits per heavy atom. The highest BCUT2D eigenvalue weighted by molar-refractivity contribution is 6.39. The van der Waals surface area contributed by atoms with Crippen LogP contribution in [0.5, 0.6) is 0 Å². The van der Waals surface area contributed by atoms with Crippen LogP contribution < -0.4 is 10.6 Å². The maximum Gasteiger partial charge on any atom is 0.313 e. The molecule has 0 saturated heterocycles. The Labute approximate surface area is 147 Å². The number of benzene rings is 2. The van der Waals surface area contributed by atoms with Gasteiger partial charge < -0.3 is 15.7 Å². The van der Waals surface area contributed by atoms with Gasteiger partial charge in [0.05, 0.1) is 6.54 Å². The van der Waals surface area contributed by atoms with Crippen LogP contribution in [0.4, 0.5) is 5.69 Å². The summed E-state index contributed by atoms with van der Waals surface area (Å²) >= 11 is 0. The fraction of sp³-hybridized carbons (Fsp3) is 0.300. The zero-order valence-electron chi connectivity index (χ0n) is 14.4. The number of hydrogen-bond acceptors (Lipinski definition) is 3. The van der Waals surface area contributed by atoms with E-state index in [1.165, 1.54) is 0 Å². The van der Waals surface area contributed by atoms with Crippen LogP contribution in [0.25, 0.3) is 0 Å². The largest absolute Gasteiger partial charge is 0.383 e. The molecule has 1 aliphatic carbocycles. The van der Waals surface area contributed by atoms with E-state index in [4.69, 9.17) is 0 Å². The van der Waals surface area contributed by atoms with Crippen molar-refractivity contribution in [2.75, 3.05) is 11.9 Å². The topological polar surface area (TPSA) is 78.4 Å². The molecule has 0 saturated carbocycles. The first kappa shape index (κ1) is 17.2. The van der Waals surface area contributed by atoms with Gasteiger partial charge in [0.25, 0.3) is 0 Å². The summed E-state index contributed by atoms with van der Waals surface area (Å²) in [5.74, 6) is -1.49. The van der Waals surface area contributed by atoms with Crippen LogP contribution in [0, 0.1) is 13.8 Å². The third-order valence-electron chi connectivity index (χ3n) is 4.84. The Morgan fingerprint density at radius 2 is 1.84 bits per heavy atom. The fourth-order valence-corrected chi connectivity index (χ4v) is 3.17. The monoisotopic (exact) mass is 338 g/mol. The Kier molecular flexibility index (Phi) is 4.59. The van der Waals surface area contributed by atoms with E-state index in [1.807, 2.05) is 50.2 Å². The van der Waals surface area contributed by atoms with E-state index in [9.17, 15) is 14.7 Å². The minimum absolute atomic E-state index is 0.0171. The highest BCUT2D eigenvalue weighted by Gasteiger charge is 2.37. The molecular formula is C20H22N2O3. The molecule has 0 aliphatic heterocycles. The van der Waals surface area contributed by atoms with E-state index in [2.05, 4.69) is 10.6 Å². The van der Waals surface area contributed by atoms with Crippen LogP contribution in [0.15, 0.2) is 42.5 Å². The van der Waals surface area contributed by atoms with Gasteiger partial charge in [-0.3, -0.25) is 9.59 Å². The molecule has 2 amide bonds. The van der Waals surface area contributed by atoms with Crippen LogP contribution in [-0.4, -0.2) is 23.5 Å². The van der Waals surface area contributed by atoms with Gasteiger partial charge in [-0.1, -0.05) is 30.3 Å². The van der Waals surface area contributed by atoms with Gasteiger partial charge in [-0.25, -0.2) is 0 Å². The fourth-order valence-electron chi connectivity index (χ4n) is 3.17. The highest BCUT2D eigenvalue weighted by Crippen LogP contribution is 2.36. The van der Waals surface area contributed by atoms with E-state index in [1.54, 1.807) is 6.07 Å². The summed E-state index contributed by atoms with van der Waals surface area (Å²) in [6.07, 6.45) is 1.29. The summed E-state index contributed by atoms with van der Waals surface area (Å²) in [5.41, 5.74) is 3.52. The number of hydrogen-bond donors (Lipinski definition) is 3. The second-order valence-corrected chi connectivity index (χ2v) is 6.62. The molecule has 0 heterocycles. The van der Waals surface area contributed by atoms with Gasteiger partial charge in [-0.2, -0.15) is 0 Å². The molecule has 3 N–H and O–H groups in total. The number of anilines is 1. The van der Waals surface area contributed by atoms with Crippen LogP contribution in [0.1, 0.15) is 28.7 Å². The molecular weight excluding hydrogens is 316 g/mol. The Bertz CT molecular complexity index is 831. The lowest BCUT2D eigenvalue weighted by Gasteiger charge is -2.24. The quantitative estimate of drug-likeness (QED) is 0.751. The number of rotatable bonds is 3. The summed E-state index contributed by atoms with van der Waals surface area (Å²) < 4.78 is 0. The van der Waals surface area contributed by atoms with E-state index < -0.39 is 17.4 Å². The van der Waals surface area contributed by atoms with Gasteiger partial charge in [0, 0.05) is 5.69 Å². The predicted octanol–water partition coefficient (Wildman–Crippen LogP) is 2.19. The SMILES string of the molecule is Cc1ccc(NC(=O)C(=O)NCC2(O)CCc3ccccc32)cc1C. The van der Waals surface area contributed by atoms with Crippen molar-refractivity contribution in [2.24, 2.45) is 0 Å². The van der Waals surface area contributed by atoms with Gasteiger partial charge in [-0.15, -0.1) is 0 Å². The van der Waals surface area contributed by atoms with Gasteiger partial charge in [0.1, 0.15) is 5.60 Å². The van der Waals surface area contributed by atoms with Crippen LogP contribution in [0.2, 0.25) is 0 Å². The molecule has 0 fully saturated rings. The molecule has 25 heavy (non-hydrogen) atoms. The lowest BCUT2D eigenvalue weighted by Crippen LogP contribution is -2.43. The number of fused-ring (bicyclic) bond motifs is 1. The summed E-state index contributed by atoms with van der Waals surface area (Å²) in [6, 6.07) is 13.1. The molecule has 1 aliphatic rings. The minimum Gasteiger partial charge on any atom is -0.383 e. The third kappa shape index (κ3) is 3.56. The molecule has 5 nitrogen and oxygen atoms in total. The standard InChI is InChI=1S/C20H22N2O3/c1-13-7-8-16(11-14(13)2)22-19(24)18(23)21-12-20(25)10-9-15-5-3-4-6-17(15)20/h3-8,11,25H,9-10,12H2,1-2H3,(H,21,23)(H,22,24). The average Bonchev–Trinajstić information content (AvgIpc) is 2.94. The molecule has 3 rings (SSSR count). The number of carbonyl (C=O) groups excluding carboxylic acids is 2. The third-order valence-corrected chi connectivity index (χ3v) is 4.84. The zero-order valence-corrected chi connectivity index (χ0v) is 14.4. The number of amides is 2. The molecule has 2 aromatic carbocycles. The predicted molar refractivity (Wildman–Crippen MR) is 96.2 cm³/mol. The number of aliphatic hydroxyl groups is 1. The van der Waals surface area contributed by atoms with E-state index in [-0.39, 0.29) is 6.54 Å². The molecule has 0 aromatic heterocycles. The first-order valence-corrected chi connectivity index (χ1v) is 8.36. The number of aryl methyl sites for hydroxylation is 3. The molecule has 130 valence electrons. The maximum atomic E-state index is 12.1. The summed E-state index contributed by atoms with van der Waals surface area (Å²) in [7, 11) is 0. The van der Waals surface area contributed by atoms with Gasteiger partial charge in [0.15, 0.2) is 0 Å². The Balaban J connectivity index is 1.61. The van der Waals surface area contributed by atoms with Gasteiger partial charge in [-0.05, 0) is 61.1 Å². The molecule has 0 bridgehead atoms. The second kappa shape index (κ2) is 6.69. The Morgan fingerprint density at radius 3 is 2.60 bits per heavy atom. The molecule has 1 atom stereocenters. The van der Waals surface area contributed by atoms with Crippen molar-refractivity contribution >= 4 is 17.5 Å². The lowest BCUT2D eigenvalue weighted by molar-refractivity contribution is -0.136. The average molecular weight is 338 g/mol. The minimum atomic E-state index is -1.12. The van der Waals surface area contributed by atoms with Gasteiger partial charge >= 0.3 is 11.8 Å². The summed E-state index contributed by atoms with van der Waals surface area (Å²) in [6.45, 7) is 3.94. The van der Waals surface area contributed by atoms with Crippen molar-refractivity contribution in [3.8, 4) is 0 Å².